The topological polar surface area (TPSA) is 227 Å². The van der Waals surface area contributed by atoms with Crippen LogP contribution in [0.1, 0.15) is 37.5 Å². The van der Waals surface area contributed by atoms with E-state index >= 15 is 0 Å². The normalized spacial score (nSPS) is 12.9. The Labute approximate surface area is 412 Å². The van der Waals surface area contributed by atoms with Crippen LogP contribution in [0.2, 0.25) is 0 Å². The number of ketones is 2. The van der Waals surface area contributed by atoms with Crippen LogP contribution < -0.4 is 25.5 Å². The summed E-state index contributed by atoms with van der Waals surface area (Å²) in [6.07, 6.45) is -19.2. The molecule has 0 aliphatic heterocycles. The summed E-state index contributed by atoms with van der Waals surface area (Å²) in [5.41, 5.74) is 1.07. The van der Waals surface area contributed by atoms with Crippen LogP contribution in [-0.4, -0.2) is 98.0 Å². The van der Waals surface area contributed by atoms with Gasteiger partial charge in [-0.25, -0.2) is 0 Å². The molecule has 2 N–H and O–H groups in total. The third kappa shape index (κ3) is 30.6. The van der Waals surface area contributed by atoms with Gasteiger partial charge in [-0.2, -0.15) is 52.7 Å². The van der Waals surface area contributed by atoms with Crippen molar-refractivity contribution in [3.63, 3.8) is 0 Å². The second-order valence-corrected chi connectivity index (χ2v) is 12.2. The molecule has 0 amide bonds. The van der Waals surface area contributed by atoms with E-state index in [1.54, 1.807) is 87.1 Å². The van der Waals surface area contributed by atoms with E-state index in [1.807, 2.05) is 6.92 Å². The number of hydrogen-bond acceptors (Lipinski definition) is 12. The number of para-hydroxylation sites is 3. The number of rotatable bonds is 11. The predicted molar refractivity (Wildman–Crippen MR) is 199 cm³/mol. The fourth-order valence-electron chi connectivity index (χ4n) is 3.57. The quantitative estimate of drug-likeness (QED) is 0.0910. The Kier molecular flexibility index (Phi) is 34.1. The van der Waals surface area contributed by atoms with Gasteiger partial charge in [-0.05, 0) is 54.2 Å². The average molecular weight is 1160 g/mol. The van der Waals surface area contributed by atoms with Crippen molar-refractivity contribution in [2.45, 2.75) is 45.5 Å². The zero-order chi connectivity index (χ0) is 50.0. The number of halogens is 12. The van der Waals surface area contributed by atoms with Gasteiger partial charge >= 0.3 is 82.4 Å². The summed E-state index contributed by atoms with van der Waals surface area (Å²) < 4.78 is 136. The first kappa shape index (κ1) is 68.1. The molecule has 0 fully saturated rings. The average Bonchev–Trinajstić information content (AvgIpc) is 3.17. The van der Waals surface area contributed by atoms with Gasteiger partial charge in [-0.1, -0.05) is 79.7 Å². The molecule has 1 radical (unpaired) electrons. The van der Waals surface area contributed by atoms with Gasteiger partial charge in [-0.3, -0.25) is 24.6 Å². The summed E-state index contributed by atoms with van der Waals surface area (Å²) >= 11 is 0. The first-order valence-corrected chi connectivity index (χ1v) is 17.5. The van der Waals surface area contributed by atoms with E-state index in [4.69, 9.17) is 10.2 Å². The van der Waals surface area contributed by atoms with Gasteiger partial charge in [-0.15, -0.1) is 17.2 Å². The second kappa shape index (κ2) is 33.0. The van der Waals surface area contributed by atoms with Crippen molar-refractivity contribution in [2.24, 2.45) is 20.4 Å². The minimum Gasteiger partial charge on any atom is -0.872 e. The van der Waals surface area contributed by atoms with Crippen molar-refractivity contribution >= 4 is 30.2 Å². The third-order valence-corrected chi connectivity index (χ3v) is 6.51. The Morgan fingerprint density at radius 3 is 0.909 bits per heavy atom. The molecule has 0 unspecified atom stereocenters. The molecule has 3 rings (SSSR count). The molecule has 0 aromatic heterocycles. The van der Waals surface area contributed by atoms with E-state index in [1.165, 1.54) is 18.2 Å². The first-order chi connectivity index (χ1) is 29.4. The summed E-state index contributed by atoms with van der Waals surface area (Å²) in [4.78, 5) is 33.0. The maximum atomic E-state index is 11.9. The standard InChI is InChI=1S/C26H27N3O3.2C5H2F6O2.2C2H6O.Dy.Zn/c1-26(17-27-14-20-8-2-5-11-23(20)30,18-28-15-21-9-3-6-12-24(21)31)19-29-16-22-10-4-7-13-25(22)32;2*6-4(7,8)2(12)1-3(13)5(9,10)11;2*1-2-3;;/h2-16,30-32H,17-19H2,1H3;2*1,12H;2*3H,2H2,1H3;;/q;;;;;+3;+2/p-5/b;2*2-1-;;;;. The molecule has 66 heavy (non-hydrogen) atoms. The molecule has 12 nitrogen and oxygen atoms in total. The molecule has 0 heterocycles. The molecule has 363 valence electrons. The fourth-order valence-corrected chi connectivity index (χ4v) is 3.57. The van der Waals surface area contributed by atoms with Crippen molar-refractivity contribution in [3.8, 4) is 17.2 Å². The molecule has 0 aliphatic rings. The molecular weight excluding hydrogens is 1120 g/mol. The fraction of sp³-hybridized carbons (Fsp3) is 0.325. The Morgan fingerprint density at radius 2 is 0.727 bits per heavy atom. The molecule has 0 saturated heterocycles. The molecule has 3 aromatic rings. The summed E-state index contributed by atoms with van der Waals surface area (Å²) in [6.45, 7) is 6.95. The molecule has 26 heteroatoms. The van der Waals surface area contributed by atoms with Crippen LogP contribution in [0.3, 0.4) is 0 Å². The van der Waals surface area contributed by atoms with Crippen LogP contribution in [0, 0.1) is 43.6 Å². The Bertz CT molecular complexity index is 1850. The van der Waals surface area contributed by atoms with Gasteiger partial charge in [0.1, 0.15) is 0 Å². The molecule has 0 bridgehead atoms. The number of allylic oxidation sites excluding steroid dienone is 4. The number of carbonyl (C=O) groups is 2. The Balaban J connectivity index is -0.000000470. The first-order valence-electron chi connectivity index (χ1n) is 17.5. The summed E-state index contributed by atoms with van der Waals surface area (Å²) in [5, 5.41) is 70.5. The number of aliphatic hydroxyl groups is 2. The van der Waals surface area contributed by atoms with E-state index in [-0.39, 0.29) is 88.1 Å². The monoisotopic (exact) mass is 1160 g/mol. The number of aliphatic hydroxyl groups excluding tert-OH is 2. The summed E-state index contributed by atoms with van der Waals surface area (Å²) in [5.74, 6) is -11.6. The van der Waals surface area contributed by atoms with E-state index < -0.39 is 65.4 Å². The largest absolute Gasteiger partial charge is 3.00 e. The van der Waals surface area contributed by atoms with E-state index in [0.29, 0.717) is 36.3 Å². The van der Waals surface area contributed by atoms with Gasteiger partial charge in [0.25, 0.3) is 11.6 Å². The second-order valence-electron chi connectivity index (χ2n) is 12.2. The van der Waals surface area contributed by atoms with E-state index in [2.05, 4.69) is 15.0 Å². The van der Waals surface area contributed by atoms with E-state index in [0.717, 1.165) is 0 Å². The number of benzene rings is 3. The molecule has 0 atom stereocenters. The van der Waals surface area contributed by atoms with Gasteiger partial charge in [0.15, 0.2) is 0 Å². The van der Waals surface area contributed by atoms with Gasteiger partial charge in [0.2, 0.25) is 0 Å². The molecule has 0 aliphatic carbocycles. The zero-order valence-electron chi connectivity index (χ0n) is 34.5. The summed E-state index contributed by atoms with van der Waals surface area (Å²) in [7, 11) is 0. The molecule has 3 aromatic carbocycles. The predicted octanol–water partition coefficient (Wildman–Crippen LogP) is 4.41. The van der Waals surface area contributed by atoms with E-state index in [9.17, 15) is 87.8 Å². The van der Waals surface area contributed by atoms with Gasteiger partial charge in [0, 0.05) is 56.9 Å². The maximum Gasteiger partial charge on any atom is 3.00 e. The minimum atomic E-state index is -5.46. The Morgan fingerprint density at radius 1 is 0.515 bits per heavy atom. The number of carbonyl (C=O) groups excluding carboxylic acids is 2. The minimum absolute atomic E-state index is 0. The maximum absolute atomic E-state index is 11.9. The van der Waals surface area contributed by atoms with Crippen LogP contribution >= 0.6 is 0 Å². The van der Waals surface area contributed by atoms with Crippen LogP contribution in [0.4, 0.5) is 52.7 Å². The van der Waals surface area contributed by atoms with Crippen LogP contribution in [0.25, 0.3) is 0 Å². The zero-order valence-corrected chi connectivity index (χ0v) is 39.5. The van der Waals surface area contributed by atoms with Gasteiger partial charge < -0.3 is 35.7 Å². The summed E-state index contributed by atoms with van der Waals surface area (Å²) in [6, 6.07) is 20.1. The number of alkyl halides is 12. The van der Waals surface area contributed by atoms with Gasteiger partial charge in [0.05, 0.1) is 0 Å². The SMILES string of the molecule is CC(CN=Cc1ccccc1[O-])(CN=Cc1ccccc1[O-])CN=Cc1ccccc1[O-].CCO.CCO.O=C(/C=C(\[O-])C(F)(F)F)C(F)(F)F.O=C(/C=C(\[O-])C(F)(F)F)C(F)(F)F.[Dy+3].[Zn+2]. The molecule has 0 saturated carbocycles. The smallest absolute Gasteiger partial charge is 0.872 e. The van der Waals surface area contributed by atoms with Crippen molar-refractivity contribution in [2.75, 3.05) is 32.8 Å². The van der Waals surface area contributed by atoms with Crippen molar-refractivity contribution < 1.29 is 156 Å². The van der Waals surface area contributed by atoms with Crippen molar-refractivity contribution in [1.29, 1.82) is 0 Å². The van der Waals surface area contributed by atoms with Crippen LogP contribution in [-0.2, 0) is 29.1 Å². The molecular formula is C40H38DyF12N3O9Zn. The number of aliphatic imine (C=N–C) groups is 3. The number of nitrogens with zero attached hydrogens (tertiary/aromatic N) is 3. The Hall–Kier alpha value is -4.53. The van der Waals surface area contributed by atoms with Crippen molar-refractivity contribution in [3.05, 3.63) is 113 Å². The van der Waals surface area contributed by atoms with Crippen LogP contribution in [0.15, 0.2) is 111 Å². The number of hydrogen-bond donors (Lipinski definition) is 2. The molecule has 0 spiro atoms. The third-order valence-electron chi connectivity index (χ3n) is 6.51. The van der Waals surface area contributed by atoms with Crippen LogP contribution in [0.5, 0.6) is 17.2 Å². The van der Waals surface area contributed by atoms with Crippen molar-refractivity contribution in [1.82, 2.24) is 0 Å².